The Morgan fingerprint density at radius 2 is 2.35 bits per heavy atom. The number of hydrogen-bond donors (Lipinski definition) is 2. The van der Waals surface area contributed by atoms with Gasteiger partial charge in [0.05, 0.1) is 18.4 Å². The van der Waals surface area contributed by atoms with Gasteiger partial charge in [-0.15, -0.1) is 0 Å². The molecule has 7 heteroatoms. The molecule has 4 heterocycles. The summed E-state index contributed by atoms with van der Waals surface area (Å²) in [7, 11) is 0. The predicted octanol–water partition coefficient (Wildman–Crippen LogP) is 1.86. The maximum absolute atomic E-state index is 5.57. The van der Waals surface area contributed by atoms with Gasteiger partial charge in [-0.2, -0.15) is 5.10 Å². The van der Waals surface area contributed by atoms with E-state index in [1.54, 1.807) is 12.4 Å². The van der Waals surface area contributed by atoms with Crippen molar-refractivity contribution in [2.45, 2.75) is 12.5 Å². The number of ether oxygens (including phenoxy) is 1. The lowest BCUT2D eigenvalue weighted by Gasteiger charge is -2.05. The predicted molar refractivity (Wildman–Crippen MR) is 72.5 cm³/mol. The van der Waals surface area contributed by atoms with Crippen LogP contribution in [0.25, 0.3) is 5.65 Å². The van der Waals surface area contributed by atoms with Gasteiger partial charge in [0.1, 0.15) is 5.65 Å². The smallest absolute Gasteiger partial charge is 0.214 e. The molecule has 1 saturated heterocycles. The van der Waals surface area contributed by atoms with Gasteiger partial charge in [0.15, 0.2) is 5.82 Å². The zero-order chi connectivity index (χ0) is 13.4. The van der Waals surface area contributed by atoms with E-state index in [2.05, 4.69) is 31.9 Å². The second kappa shape index (κ2) is 4.61. The van der Waals surface area contributed by atoms with Crippen LogP contribution in [0.3, 0.4) is 0 Å². The van der Waals surface area contributed by atoms with E-state index >= 15 is 0 Å². The first kappa shape index (κ1) is 11.4. The molecular formula is C13H13N6O. The third-order valence-electron chi connectivity index (χ3n) is 3.30. The number of H-pyrrole nitrogens is 1. The first-order valence-corrected chi connectivity index (χ1v) is 6.44. The summed E-state index contributed by atoms with van der Waals surface area (Å²) in [5.41, 5.74) is 1.81. The minimum Gasteiger partial charge on any atom is -0.372 e. The number of aromatic nitrogens is 5. The highest BCUT2D eigenvalue weighted by molar-refractivity contribution is 5.53. The number of nitrogens with zero attached hydrogens (tertiary/aromatic N) is 4. The molecule has 0 unspecified atom stereocenters. The molecule has 0 saturated carbocycles. The number of fused-ring (bicyclic) bond motifs is 1. The van der Waals surface area contributed by atoms with Crippen molar-refractivity contribution < 1.29 is 4.74 Å². The van der Waals surface area contributed by atoms with Crippen molar-refractivity contribution in [3.63, 3.8) is 0 Å². The van der Waals surface area contributed by atoms with Crippen molar-refractivity contribution in [2.24, 2.45) is 0 Å². The summed E-state index contributed by atoms with van der Waals surface area (Å²) < 4.78 is 7.44. The molecule has 0 bridgehead atoms. The molecule has 0 spiro atoms. The second-order valence-electron chi connectivity index (χ2n) is 4.60. The van der Waals surface area contributed by atoms with Crippen LogP contribution < -0.4 is 5.32 Å². The lowest BCUT2D eigenvalue weighted by molar-refractivity contribution is 0.111. The largest absolute Gasteiger partial charge is 0.372 e. The molecule has 20 heavy (non-hydrogen) atoms. The topological polar surface area (TPSA) is 80.1 Å². The zero-order valence-corrected chi connectivity index (χ0v) is 10.7. The molecule has 0 aliphatic carbocycles. The van der Waals surface area contributed by atoms with Crippen molar-refractivity contribution in [2.75, 3.05) is 11.9 Å². The Morgan fingerprint density at radius 3 is 3.25 bits per heavy atom. The van der Waals surface area contributed by atoms with E-state index in [1.807, 2.05) is 22.7 Å². The van der Waals surface area contributed by atoms with Crippen molar-refractivity contribution in [3.8, 4) is 0 Å². The fourth-order valence-electron chi connectivity index (χ4n) is 2.32. The van der Waals surface area contributed by atoms with Crippen molar-refractivity contribution >= 4 is 17.4 Å². The van der Waals surface area contributed by atoms with Crippen LogP contribution in [0.4, 0.5) is 11.8 Å². The van der Waals surface area contributed by atoms with E-state index in [9.17, 15) is 0 Å². The van der Waals surface area contributed by atoms with Crippen LogP contribution in [0.2, 0.25) is 0 Å². The monoisotopic (exact) mass is 269 g/mol. The Labute approximate surface area is 115 Å². The highest BCUT2D eigenvalue weighted by Gasteiger charge is 2.20. The van der Waals surface area contributed by atoms with Crippen molar-refractivity contribution in [1.29, 1.82) is 0 Å². The molecule has 1 aliphatic rings. The van der Waals surface area contributed by atoms with Gasteiger partial charge in [-0.05, 0) is 18.9 Å². The van der Waals surface area contributed by atoms with Gasteiger partial charge < -0.3 is 10.1 Å². The van der Waals surface area contributed by atoms with Gasteiger partial charge in [-0.3, -0.25) is 9.50 Å². The van der Waals surface area contributed by atoms with E-state index in [0.29, 0.717) is 18.4 Å². The Balaban J connectivity index is 1.61. The maximum atomic E-state index is 5.57. The molecule has 101 valence electrons. The highest BCUT2D eigenvalue weighted by Crippen LogP contribution is 2.28. The van der Waals surface area contributed by atoms with Crippen molar-refractivity contribution in [3.05, 3.63) is 42.8 Å². The normalized spacial score (nSPS) is 18.7. The van der Waals surface area contributed by atoms with Crippen LogP contribution in [0, 0.1) is 6.42 Å². The van der Waals surface area contributed by atoms with Gasteiger partial charge in [0.2, 0.25) is 5.95 Å². The molecule has 1 fully saturated rings. The SMILES string of the molecule is [CH]1CO[C@@H](c2cc(Nc3nccc4nccn34)n[nH]2)C1. The standard InChI is InChI=1S/C13H13N6O/c1-2-10(20-7-1)9-8-11(18-17-9)16-13-15-4-3-12-14-5-6-19(12)13/h1,3-6,8,10H,2,7H2,(H2,15,16,17,18)/t10-/m1/s1. The summed E-state index contributed by atoms with van der Waals surface area (Å²) in [5.74, 6) is 1.39. The number of anilines is 2. The number of rotatable bonds is 3. The molecule has 4 rings (SSSR count). The molecule has 0 aromatic carbocycles. The van der Waals surface area contributed by atoms with E-state index in [1.165, 1.54) is 0 Å². The number of hydrogen-bond acceptors (Lipinski definition) is 5. The number of aromatic amines is 1. The van der Waals surface area contributed by atoms with Gasteiger partial charge in [-0.25, -0.2) is 9.97 Å². The second-order valence-corrected chi connectivity index (χ2v) is 4.60. The first-order valence-electron chi connectivity index (χ1n) is 6.44. The minimum atomic E-state index is 0.0787. The van der Waals surface area contributed by atoms with Crippen LogP contribution in [-0.4, -0.2) is 31.2 Å². The Bertz CT molecular complexity index is 727. The molecule has 3 aromatic heterocycles. The summed E-state index contributed by atoms with van der Waals surface area (Å²) in [6.45, 7) is 0.697. The van der Waals surface area contributed by atoms with Crippen LogP contribution in [0.1, 0.15) is 18.2 Å². The number of imidazole rings is 1. The van der Waals surface area contributed by atoms with Crippen LogP contribution in [0.5, 0.6) is 0 Å². The fraction of sp³-hybridized carbons (Fsp3) is 0.231. The average Bonchev–Trinajstić information content (AvgIpc) is 3.20. The van der Waals surface area contributed by atoms with Crippen molar-refractivity contribution in [1.82, 2.24) is 24.6 Å². The summed E-state index contributed by atoms with van der Waals surface area (Å²) in [6.07, 6.45) is 8.42. The minimum absolute atomic E-state index is 0.0787. The Morgan fingerprint density at radius 1 is 1.35 bits per heavy atom. The Kier molecular flexibility index (Phi) is 2.63. The van der Waals surface area contributed by atoms with Crippen LogP contribution in [0.15, 0.2) is 30.7 Å². The lowest BCUT2D eigenvalue weighted by Crippen LogP contribution is -2.00. The molecule has 0 amide bonds. The Hall–Kier alpha value is -2.41. The molecule has 1 radical (unpaired) electrons. The van der Waals surface area contributed by atoms with E-state index in [-0.39, 0.29) is 6.10 Å². The highest BCUT2D eigenvalue weighted by atomic mass is 16.5. The molecule has 7 nitrogen and oxygen atoms in total. The lowest BCUT2D eigenvalue weighted by atomic mass is 10.2. The molecule has 1 atom stereocenters. The first-order chi connectivity index (χ1) is 9.90. The summed E-state index contributed by atoms with van der Waals surface area (Å²) in [6, 6.07) is 3.80. The quantitative estimate of drug-likeness (QED) is 0.758. The van der Waals surface area contributed by atoms with E-state index in [4.69, 9.17) is 4.74 Å². The average molecular weight is 269 g/mol. The molecule has 3 aromatic rings. The van der Waals surface area contributed by atoms with Crippen LogP contribution in [-0.2, 0) is 4.74 Å². The van der Waals surface area contributed by atoms with Gasteiger partial charge in [0, 0.05) is 24.7 Å². The van der Waals surface area contributed by atoms with Gasteiger partial charge in [-0.1, -0.05) is 0 Å². The number of nitrogens with one attached hydrogen (secondary N) is 2. The summed E-state index contributed by atoms with van der Waals surface area (Å²) in [4.78, 5) is 8.52. The van der Waals surface area contributed by atoms with E-state index in [0.717, 1.165) is 17.8 Å². The van der Waals surface area contributed by atoms with Crippen LogP contribution >= 0.6 is 0 Å². The third-order valence-corrected chi connectivity index (χ3v) is 3.30. The van der Waals surface area contributed by atoms with Gasteiger partial charge in [0.25, 0.3) is 0 Å². The fourth-order valence-corrected chi connectivity index (χ4v) is 2.32. The molecule has 2 N–H and O–H groups in total. The molecule has 1 aliphatic heterocycles. The van der Waals surface area contributed by atoms with E-state index < -0.39 is 0 Å². The van der Waals surface area contributed by atoms with Gasteiger partial charge >= 0.3 is 0 Å². The maximum Gasteiger partial charge on any atom is 0.214 e. The third kappa shape index (κ3) is 1.92. The summed E-state index contributed by atoms with van der Waals surface area (Å²) in [5, 5.41) is 10.4. The summed E-state index contributed by atoms with van der Waals surface area (Å²) >= 11 is 0. The molecular weight excluding hydrogens is 256 g/mol. The zero-order valence-electron chi connectivity index (χ0n) is 10.7.